The Kier molecular flexibility index (Phi) is 11.5. The lowest BCUT2D eigenvalue weighted by Crippen LogP contribution is -2.32. The van der Waals surface area contributed by atoms with Crippen LogP contribution < -0.4 is 0 Å². The summed E-state index contributed by atoms with van der Waals surface area (Å²) in [4.78, 5) is 11.1. The van der Waals surface area contributed by atoms with E-state index in [-0.39, 0.29) is 6.04 Å². The Morgan fingerprint density at radius 2 is 1.12 bits per heavy atom. The first-order valence-electron chi connectivity index (χ1n) is 28.7. The zero-order valence-electron chi connectivity index (χ0n) is 44.8. The molecule has 0 saturated heterocycles. The lowest BCUT2D eigenvalue weighted by molar-refractivity contribution is 0.371. The molecule has 3 heteroatoms. The van der Waals surface area contributed by atoms with Crippen molar-refractivity contribution >= 4 is 48.6 Å². The third kappa shape index (κ3) is 7.97. The molecule has 4 unspecified atom stereocenters. The SMILES string of the molecule is C1=CC2C3=C(CCC=C3)C3=CC(c4cccc(-c5cccc(-c6ccc7c(c6)sc6cc(C8=NC(c9ccc%10c(c9)C(c9ccccc9)(c9ccccc9)c9ccccc9-%10)=NC(c9ccccc9)C=C8)ccc67)c5)c4)=CCC3C2C=C1. The van der Waals surface area contributed by atoms with Gasteiger partial charge in [0.05, 0.1) is 17.2 Å². The molecule has 6 aliphatic rings. The van der Waals surface area contributed by atoms with Crippen molar-refractivity contribution in [3.63, 3.8) is 0 Å². The molecule has 0 N–H and O–H groups in total. The molecule has 2 nitrogen and oxygen atoms in total. The number of fused-ring (bicyclic) bond motifs is 11. The third-order valence-electron chi connectivity index (χ3n) is 18.1. The highest BCUT2D eigenvalue weighted by atomic mass is 32.1. The molecule has 1 aromatic heterocycles. The number of hydrogen-bond acceptors (Lipinski definition) is 3. The minimum absolute atomic E-state index is 0.215. The molecule has 1 aliphatic heterocycles. The summed E-state index contributed by atoms with van der Waals surface area (Å²) in [5.74, 6) is 2.29. The molecular weight excluding hydrogens is 997 g/mol. The predicted molar refractivity (Wildman–Crippen MR) is 340 cm³/mol. The van der Waals surface area contributed by atoms with Crippen LogP contribution >= 0.6 is 11.3 Å². The van der Waals surface area contributed by atoms with Crippen LogP contribution in [0.2, 0.25) is 0 Å². The number of aliphatic imine (C=N–C) groups is 2. The van der Waals surface area contributed by atoms with E-state index in [0.717, 1.165) is 47.5 Å². The zero-order chi connectivity index (χ0) is 53.4. The summed E-state index contributed by atoms with van der Waals surface area (Å²) in [7, 11) is 0. The molecule has 5 aliphatic carbocycles. The Morgan fingerprint density at radius 1 is 0.494 bits per heavy atom. The highest BCUT2D eigenvalue weighted by Crippen LogP contribution is 2.57. The molecule has 0 saturated carbocycles. The van der Waals surface area contributed by atoms with E-state index >= 15 is 0 Å². The van der Waals surface area contributed by atoms with Crippen LogP contribution in [0.15, 0.2) is 306 Å². The molecule has 10 aromatic rings. The second-order valence-corrected chi connectivity index (χ2v) is 23.6. The molecule has 384 valence electrons. The van der Waals surface area contributed by atoms with Crippen molar-refractivity contribution in [3.8, 4) is 33.4 Å². The molecule has 4 atom stereocenters. The summed E-state index contributed by atoms with van der Waals surface area (Å²) in [5, 5.41) is 2.53. The van der Waals surface area contributed by atoms with Gasteiger partial charge in [-0.05, 0) is 157 Å². The van der Waals surface area contributed by atoms with Gasteiger partial charge in [0.2, 0.25) is 0 Å². The van der Waals surface area contributed by atoms with Crippen molar-refractivity contribution in [1.82, 2.24) is 0 Å². The van der Waals surface area contributed by atoms with Gasteiger partial charge in [-0.3, -0.25) is 4.99 Å². The van der Waals surface area contributed by atoms with Gasteiger partial charge >= 0.3 is 0 Å². The van der Waals surface area contributed by atoms with Crippen molar-refractivity contribution < 1.29 is 0 Å². The van der Waals surface area contributed by atoms with Gasteiger partial charge in [-0.1, -0.05) is 243 Å². The van der Waals surface area contributed by atoms with Crippen molar-refractivity contribution in [3.05, 3.63) is 340 Å². The first-order valence-corrected chi connectivity index (χ1v) is 29.5. The van der Waals surface area contributed by atoms with E-state index in [1.807, 2.05) is 11.3 Å². The van der Waals surface area contributed by atoms with E-state index in [2.05, 4.69) is 279 Å². The van der Waals surface area contributed by atoms with Crippen molar-refractivity contribution in [2.45, 2.75) is 30.7 Å². The lowest BCUT2D eigenvalue weighted by Gasteiger charge is -2.43. The average Bonchev–Trinajstić information content (AvgIpc) is 3.63. The number of allylic oxidation sites excluding steroid dienone is 13. The molecule has 0 fully saturated rings. The molecule has 9 aromatic carbocycles. The summed E-state index contributed by atoms with van der Waals surface area (Å²) in [6, 6.07) is 80.4. The van der Waals surface area contributed by atoms with Crippen LogP contribution in [0.25, 0.3) is 59.1 Å². The summed E-state index contributed by atoms with van der Waals surface area (Å²) in [6.07, 6.45) is 27.0. The number of benzene rings is 9. The van der Waals surface area contributed by atoms with Crippen molar-refractivity contribution in [2.24, 2.45) is 27.7 Å². The largest absolute Gasteiger partial charge is 0.254 e. The van der Waals surface area contributed by atoms with Gasteiger partial charge in [0.25, 0.3) is 0 Å². The van der Waals surface area contributed by atoms with Crippen molar-refractivity contribution in [1.29, 1.82) is 0 Å². The zero-order valence-corrected chi connectivity index (χ0v) is 45.6. The van der Waals surface area contributed by atoms with E-state index in [1.54, 1.807) is 11.1 Å². The standard InChI is InChI=1S/C78H56N2S/c1-4-18-50(19-5-1)73-42-43-74(80-77(79-73)58-37-39-67-66-32-14-15-33-71(66)78(72(67)47-58,59-24-6-2-7-25-59)60-26-8-3-9-27-60)57-36-41-69-68-40-35-56(48-75(68)81-76(69)49-57)54-23-17-21-52(45-54)51-20-16-22-53(44-51)55-34-38-65-63-30-11-10-28-61(63)62-29-12-13-31-64(62)70(65)46-55/h1-12,14-30,32-37,39-49,61,63,65,73H,13,31,38H2. The normalized spacial score (nSPS) is 20.1. The number of amidine groups is 1. The highest BCUT2D eigenvalue weighted by Gasteiger charge is 2.46. The van der Waals surface area contributed by atoms with Crippen LogP contribution in [0, 0.1) is 17.8 Å². The molecule has 0 bridgehead atoms. The fourth-order valence-electron chi connectivity index (χ4n) is 14.3. The fourth-order valence-corrected chi connectivity index (χ4v) is 15.5. The Labute approximate surface area is 478 Å². The van der Waals surface area contributed by atoms with Crippen molar-refractivity contribution in [2.75, 3.05) is 0 Å². The summed E-state index contributed by atoms with van der Waals surface area (Å²) >= 11 is 1.86. The summed E-state index contributed by atoms with van der Waals surface area (Å²) < 4.78 is 2.51. The van der Waals surface area contributed by atoms with Crippen LogP contribution in [0.3, 0.4) is 0 Å². The maximum Gasteiger partial charge on any atom is 0.156 e. The maximum absolute atomic E-state index is 5.55. The monoisotopic (exact) mass is 1050 g/mol. The summed E-state index contributed by atoms with van der Waals surface area (Å²) in [5.41, 5.74) is 23.3. The number of thiophene rings is 1. The predicted octanol–water partition coefficient (Wildman–Crippen LogP) is 19.6. The molecule has 2 heterocycles. The Hall–Kier alpha value is -9.28. The number of hydrogen-bond donors (Lipinski definition) is 0. The van der Waals surface area contributed by atoms with E-state index in [9.17, 15) is 0 Å². The molecule has 0 spiro atoms. The van der Waals surface area contributed by atoms with E-state index < -0.39 is 5.41 Å². The van der Waals surface area contributed by atoms with Gasteiger partial charge in [0, 0.05) is 37.2 Å². The smallest absolute Gasteiger partial charge is 0.156 e. The van der Waals surface area contributed by atoms with Crippen LogP contribution in [0.5, 0.6) is 0 Å². The Bertz CT molecular complexity index is 4460. The summed E-state index contributed by atoms with van der Waals surface area (Å²) in [6.45, 7) is 0. The van der Waals surface area contributed by atoms with Gasteiger partial charge in [-0.25, -0.2) is 4.99 Å². The van der Waals surface area contributed by atoms with Crippen LogP contribution in [-0.4, -0.2) is 11.5 Å². The van der Waals surface area contributed by atoms with Crippen LogP contribution in [-0.2, 0) is 5.41 Å². The molecule has 0 radical (unpaired) electrons. The first-order chi connectivity index (χ1) is 40.1. The van der Waals surface area contributed by atoms with Gasteiger partial charge in [-0.2, -0.15) is 0 Å². The van der Waals surface area contributed by atoms with Crippen LogP contribution in [0.1, 0.15) is 69.8 Å². The van der Waals surface area contributed by atoms with Gasteiger partial charge in [-0.15, -0.1) is 11.3 Å². The minimum Gasteiger partial charge on any atom is -0.254 e. The van der Waals surface area contributed by atoms with E-state index in [0.29, 0.717) is 17.8 Å². The van der Waals surface area contributed by atoms with Gasteiger partial charge in [0.15, 0.2) is 5.84 Å². The first kappa shape index (κ1) is 47.7. The average molecular weight is 1050 g/mol. The van der Waals surface area contributed by atoms with Gasteiger partial charge in [0.1, 0.15) is 0 Å². The molecule has 16 rings (SSSR count). The quantitative estimate of drug-likeness (QED) is 0.145. The van der Waals surface area contributed by atoms with Gasteiger partial charge < -0.3 is 0 Å². The molecular formula is C78H56N2S. The number of nitrogens with zero attached hydrogens (tertiary/aromatic N) is 2. The Morgan fingerprint density at radius 3 is 1.89 bits per heavy atom. The second kappa shape index (κ2) is 19.5. The molecule has 0 amide bonds. The minimum atomic E-state index is -0.531. The fraction of sp³-hybridized carbons (Fsp3) is 0.103. The Balaban J connectivity index is 0.734. The van der Waals surface area contributed by atoms with E-state index in [4.69, 9.17) is 9.98 Å². The van der Waals surface area contributed by atoms with E-state index in [1.165, 1.54) is 92.5 Å². The highest BCUT2D eigenvalue weighted by molar-refractivity contribution is 7.25. The number of rotatable bonds is 8. The van der Waals surface area contributed by atoms with Crippen LogP contribution in [0.4, 0.5) is 0 Å². The molecule has 81 heavy (non-hydrogen) atoms. The third-order valence-corrected chi connectivity index (χ3v) is 19.3. The second-order valence-electron chi connectivity index (χ2n) is 22.5. The maximum atomic E-state index is 5.55. The lowest BCUT2D eigenvalue weighted by atomic mass is 9.61. The topological polar surface area (TPSA) is 24.7 Å².